The highest BCUT2D eigenvalue weighted by molar-refractivity contribution is 5.95. The number of rotatable bonds is 6. The zero-order valence-electron chi connectivity index (χ0n) is 16.4. The number of hydrogen-bond donors (Lipinski definition) is 1. The molecular formula is C24H18N2O5. The minimum atomic E-state index is -0.471. The maximum absolute atomic E-state index is 12.2. The van der Waals surface area contributed by atoms with Gasteiger partial charge in [0, 0.05) is 11.6 Å². The van der Waals surface area contributed by atoms with Crippen molar-refractivity contribution in [2.45, 2.75) is 0 Å². The van der Waals surface area contributed by atoms with Gasteiger partial charge in [0.15, 0.2) is 11.5 Å². The SMILES string of the molecule is O=C(C=Cc1ccccc1)Oc1ccc(C=NNC(=O)c2ccc3c(c2)OCO3)cc1. The number of ether oxygens (including phenoxy) is 3. The van der Waals surface area contributed by atoms with Crippen LogP contribution >= 0.6 is 0 Å². The summed E-state index contributed by atoms with van der Waals surface area (Å²) in [6.07, 6.45) is 4.55. The lowest BCUT2D eigenvalue weighted by Gasteiger charge is -2.03. The zero-order chi connectivity index (χ0) is 21.5. The molecule has 0 atom stereocenters. The smallest absolute Gasteiger partial charge is 0.336 e. The van der Waals surface area contributed by atoms with Gasteiger partial charge < -0.3 is 14.2 Å². The number of fused-ring (bicyclic) bond motifs is 1. The Labute approximate surface area is 178 Å². The lowest BCUT2D eigenvalue weighted by molar-refractivity contribution is -0.128. The Balaban J connectivity index is 1.29. The standard InChI is InChI=1S/C24H18N2O5/c27-23(13-8-17-4-2-1-3-5-17)31-20-10-6-18(7-11-20)15-25-26-24(28)19-9-12-21-22(14-19)30-16-29-21/h1-15H,16H2,(H,26,28). The molecular weight excluding hydrogens is 396 g/mol. The first kappa shape index (κ1) is 19.9. The highest BCUT2D eigenvalue weighted by Gasteiger charge is 2.15. The Morgan fingerprint density at radius 2 is 1.68 bits per heavy atom. The van der Waals surface area contributed by atoms with Crippen LogP contribution in [0.1, 0.15) is 21.5 Å². The summed E-state index contributed by atoms with van der Waals surface area (Å²) in [6.45, 7) is 0.146. The highest BCUT2D eigenvalue weighted by atomic mass is 16.7. The second kappa shape index (κ2) is 9.41. The molecule has 31 heavy (non-hydrogen) atoms. The predicted molar refractivity (Wildman–Crippen MR) is 115 cm³/mol. The fraction of sp³-hybridized carbons (Fsp3) is 0.0417. The number of nitrogens with one attached hydrogen (secondary N) is 1. The van der Waals surface area contributed by atoms with Gasteiger partial charge in [0.2, 0.25) is 6.79 Å². The maximum atomic E-state index is 12.2. The Bertz CT molecular complexity index is 1140. The molecule has 0 aliphatic carbocycles. The number of benzene rings is 3. The van der Waals surface area contributed by atoms with Crippen molar-refractivity contribution in [2.24, 2.45) is 5.10 Å². The first-order chi connectivity index (χ1) is 15.2. The quantitative estimate of drug-likeness (QED) is 0.218. The fourth-order valence-electron chi connectivity index (χ4n) is 2.77. The summed E-state index contributed by atoms with van der Waals surface area (Å²) in [6, 6.07) is 21.1. The van der Waals surface area contributed by atoms with Crippen molar-refractivity contribution < 1.29 is 23.8 Å². The molecule has 1 amide bonds. The van der Waals surface area contributed by atoms with Crippen LogP contribution < -0.4 is 19.6 Å². The van der Waals surface area contributed by atoms with Gasteiger partial charge in [0.25, 0.3) is 5.91 Å². The van der Waals surface area contributed by atoms with Gasteiger partial charge >= 0.3 is 5.97 Å². The Morgan fingerprint density at radius 3 is 2.48 bits per heavy atom. The molecule has 0 bridgehead atoms. The second-order valence-electron chi connectivity index (χ2n) is 6.50. The van der Waals surface area contributed by atoms with Gasteiger partial charge in [-0.15, -0.1) is 0 Å². The van der Waals surface area contributed by atoms with E-state index in [0.29, 0.717) is 22.8 Å². The molecule has 0 saturated heterocycles. The Hall–Kier alpha value is -4.39. The van der Waals surface area contributed by atoms with Crippen LogP contribution in [0.3, 0.4) is 0 Å². The normalized spacial score (nSPS) is 12.3. The van der Waals surface area contributed by atoms with Crippen LogP contribution in [0.15, 0.2) is 84.0 Å². The fourth-order valence-corrected chi connectivity index (χ4v) is 2.77. The van der Waals surface area contributed by atoms with E-state index in [4.69, 9.17) is 14.2 Å². The third-order valence-electron chi connectivity index (χ3n) is 4.32. The number of hydrogen-bond acceptors (Lipinski definition) is 6. The monoisotopic (exact) mass is 414 g/mol. The van der Waals surface area contributed by atoms with Crippen molar-refractivity contribution in [3.05, 3.63) is 95.6 Å². The maximum Gasteiger partial charge on any atom is 0.336 e. The van der Waals surface area contributed by atoms with Crippen molar-refractivity contribution in [2.75, 3.05) is 6.79 Å². The molecule has 0 unspecified atom stereocenters. The van der Waals surface area contributed by atoms with E-state index in [1.165, 1.54) is 12.3 Å². The molecule has 4 rings (SSSR count). The van der Waals surface area contributed by atoms with E-state index in [0.717, 1.165) is 11.1 Å². The molecule has 0 saturated carbocycles. The average Bonchev–Trinajstić information content (AvgIpc) is 3.27. The molecule has 1 aliphatic heterocycles. The van der Waals surface area contributed by atoms with Crippen molar-refractivity contribution >= 4 is 24.2 Å². The van der Waals surface area contributed by atoms with Gasteiger partial charge in [0.05, 0.1) is 6.21 Å². The molecule has 3 aromatic carbocycles. The molecule has 154 valence electrons. The van der Waals surface area contributed by atoms with E-state index in [1.807, 2.05) is 30.3 Å². The minimum absolute atomic E-state index is 0.146. The van der Waals surface area contributed by atoms with Gasteiger partial charge in [-0.05, 0) is 59.7 Å². The average molecular weight is 414 g/mol. The molecule has 0 spiro atoms. The van der Waals surface area contributed by atoms with Gasteiger partial charge in [0.1, 0.15) is 5.75 Å². The molecule has 1 aliphatic rings. The van der Waals surface area contributed by atoms with E-state index in [2.05, 4.69) is 10.5 Å². The van der Waals surface area contributed by atoms with Crippen molar-refractivity contribution in [3.63, 3.8) is 0 Å². The van der Waals surface area contributed by atoms with Crippen LogP contribution in [0.5, 0.6) is 17.2 Å². The molecule has 3 aromatic rings. The third-order valence-corrected chi connectivity index (χ3v) is 4.32. The first-order valence-corrected chi connectivity index (χ1v) is 9.45. The van der Waals surface area contributed by atoms with Crippen LogP contribution in [-0.4, -0.2) is 24.9 Å². The zero-order valence-corrected chi connectivity index (χ0v) is 16.4. The van der Waals surface area contributed by atoms with E-state index < -0.39 is 5.97 Å². The number of hydrazone groups is 1. The summed E-state index contributed by atoms with van der Waals surface area (Å²) in [5.74, 6) is 0.701. The molecule has 7 heteroatoms. The lowest BCUT2D eigenvalue weighted by atomic mass is 10.2. The summed E-state index contributed by atoms with van der Waals surface area (Å²) < 4.78 is 15.7. The number of amides is 1. The Kier molecular flexibility index (Phi) is 6.04. The van der Waals surface area contributed by atoms with Crippen LogP contribution in [0.4, 0.5) is 0 Å². The number of nitrogens with zero attached hydrogens (tertiary/aromatic N) is 1. The molecule has 0 fully saturated rings. The molecule has 0 aromatic heterocycles. The predicted octanol–water partition coefficient (Wildman–Crippen LogP) is 3.80. The minimum Gasteiger partial charge on any atom is -0.454 e. The number of esters is 1. The highest BCUT2D eigenvalue weighted by Crippen LogP contribution is 2.32. The summed E-state index contributed by atoms with van der Waals surface area (Å²) in [4.78, 5) is 24.1. The van der Waals surface area contributed by atoms with E-state index >= 15 is 0 Å². The van der Waals surface area contributed by atoms with Gasteiger partial charge in [-0.1, -0.05) is 30.3 Å². The van der Waals surface area contributed by atoms with Crippen LogP contribution in [0, 0.1) is 0 Å². The van der Waals surface area contributed by atoms with Gasteiger partial charge in [-0.25, -0.2) is 10.2 Å². The Morgan fingerprint density at radius 1 is 0.903 bits per heavy atom. The van der Waals surface area contributed by atoms with Crippen molar-refractivity contribution in [3.8, 4) is 17.2 Å². The summed E-state index contributed by atoms with van der Waals surface area (Å²) in [5, 5.41) is 3.95. The van der Waals surface area contributed by atoms with E-state index in [9.17, 15) is 9.59 Å². The van der Waals surface area contributed by atoms with Gasteiger partial charge in [-0.3, -0.25) is 4.79 Å². The van der Waals surface area contributed by atoms with Crippen LogP contribution in [0.2, 0.25) is 0 Å². The summed E-state index contributed by atoms with van der Waals surface area (Å²) in [5.41, 5.74) is 4.51. The molecule has 0 radical (unpaired) electrons. The summed E-state index contributed by atoms with van der Waals surface area (Å²) >= 11 is 0. The van der Waals surface area contributed by atoms with Crippen LogP contribution in [-0.2, 0) is 4.79 Å². The van der Waals surface area contributed by atoms with Gasteiger partial charge in [-0.2, -0.15) is 5.10 Å². The topological polar surface area (TPSA) is 86.2 Å². The molecule has 1 heterocycles. The summed E-state index contributed by atoms with van der Waals surface area (Å²) in [7, 11) is 0. The van der Waals surface area contributed by atoms with Crippen LogP contribution in [0.25, 0.3) is 6.08 Å². The third kappa shape index (κ3) is 5.36. The molecule has 1 N–H and O–H groups in total. The van der Waals surface area contributed by atoms with E-state index in [-0.39, 0.29) is 12.7 Å². The lowest BCUT2D eigenvalue weighted by Crippen LogP contribution is -2.17. The largest absolute Gasteiger partial charge is 0.454 e. The van der Waals surface area contributed by atoms with E-state index in [1.54, 1.807) is 48.5 Å². The second-order valence-corrected chi connectivity index (χ2v) is 6.50. The first-order valence-electron chi connectivity index (χ1n) is 9.45. The van der Waals surface area contributed by atoms with Crippen molar-refractivity contribution in [1.82, 2.24) is 5.43 Å². The molecule has 7 nitrogen and oxygen atoms in total. The van der Waals surface area contributed by atoms with Crippen molar-refractivity contribution in [1.29, 1.82) is 0 Å². The number of carbonyl (C=O) groups excluding carboxylic acids is 2. The number of carbonyl (C=O) groups is 2.